The first-order valence-electron chi connectivity index (χ1n) is 9.24. The number of carbonyl (C=O) groups is 2. The quantitative estimate of drug-likeness (QED) is 0.651. The number of sulfonamides is 1. The van der Waals surface area contributed by atoms with Gasteiger partial charge >= 0.3 is 0 Å². The molecule has 0 saturated heterocycles. The van der Waals surface area contributed by atoms with Crippen LogP contribution in [0.4, 0.5) is 5.69 Å². The van der Waals surface area contributed by atoms with E-state index >= 15 is 0 Å². The Labute approximate surface area is 161 Å². The van der Waals surface area contributed by atoms with E-state index in [1.54, 1.807) is 0 Å². The largest absolute Gasteiger partial charge is 0.356 e. The van der Waals surface area contributed by atoms with Crippen molar-refractivity contribution in [1.82, 2.24) is 10.6 Å². The van der Waals surface area contributed by atoms with E-state index in [0.717, 1.165) is 11.3 Å². The van der Waals surface area contributed by atoms with Gasteiger partial charge in [-0.1, -0.05) is 39.0 Å². The number of benzene rings is 1. The molecule has 0 saturated carbocycles. The molecule has 0 spiro atoms. The molecule has 2 N–H and O–H groups in total. The highest BCUT2D eigenvalue weighted by Gasteiger charge is 2.28. The average Bonchev–Trinajstić information content (AvgIpc) is 3.02. The number of anilines is 1. The van der Waals surface area contributed by atoms with Crippen LogP contribution >= 0.6 is 0 Å². The van der Waals surface area contributed by atoms with Gasteiger partial charge in [0.05, 0.1) is 11.4 Å². The minimum Gasteiger partial charge on any atom is -0.356 e. The van der Waals surface area contributed by atoms with Gasteiger partial charge in [-0.25, -0.2) is 8.42 Å². The molecule has 0 unspecified atom stereocenters. The SMILES string of the molecule is CC(C)(C)C(=O)NCCCC(=O)NCCS(=O)(=O)N1CCc2ccccc21. The summed E-state index contributed by atoms with van der Waals surface area (Å²) >= 11 is 0. The van der Waals surface area contributed by atoms with E-state index < -0.39 is 15.4 Å². The van der Waals surface area contributed by atoms with Crippen molar-refractivity contribution in [3.63, 3.8) is 0 Å². The molecule has 0 aliphatic carbocycles. The number of carbonyl (C=O) groups excluding carboxylic acids is 2. The van der Waals surface area contributed by atoms with Gasteiger partial charge in [-0.3, -0.25) is 13.9 Å². The van der Waals surface area contributed by atoms with Gasteiger partial charge in [0, 0.05) is 31.5 Å². The molecule has 0 atom stereocenters. The van der Waals surface area contributed by atoms with E-state index in [0.29, 0.717) is 25.9 Å². The van der Waals surface area contributed by atoms with Crippen LogP contribution in [0.3, 0.4) is 0 Å². The van der Waals surface area contributed by atoms with Crippen molar-refractivity contribution in [2.75, 3.05) is 29.7 Å². The summed E-state index contributed by atoms with van der Waals surface area (Å²) in [7, 11) is -3.46. The Morgan fingerprint density at radius 1 is 1.11 bits per heavy atom. The van der Waals surface area contributed by atoms with Crippen LogP contribution in [0.25, 0.3) is 0 Å². The first-order valence-corrected chi connectivity index (χ1v) is 10.9. The van der Waals surface area contributed by atoms with Crippen LogP contribution in [0.2, 0.25) is 0 Å². The van der Waals surface area contributed by atoms with Crippen molar-refractivity contribution < 1.29 is 18.0 Å². The van der Waals surface area contributed by atoms with Crippen LogP contribution in [0, 0.1) is 5.41 Å². The minimum absolute atomic E-state index is 0.0557. The van der Waals surface area contributed by atoms with Crippen LogP contribution in [0.15, 0.2) is 24.3 Å². The Bertz CT molecular complexity index is 784. The zero-order valence-corrected chi connectivity index (χ0v) is 17.1. The zero-order chi connectivity index (χ0) is 20.1. The van der Waals surface area contributed by atoms with E-state index in [9.17, 15) is 18.0 Å². The molecule has 1 aromatic carbocycles. The lowest BCUT2D eigenvalue weighted by Gasteiger charge is -2.19. The van der Waals surface area contributed by atoms with Crippen LogP contribution in [-0.4, -0.2) is 45.6 Å². The van der Waals surface area contributed by atoms with Gasteiger partial charge in [-0.2, -0.15) is 0 Å². The zero-order valence-electron chi connectivity index (χ0n) is 16.2. The minimum atomic E-state index is -3.46. The fraction of sp³-hybridized carbons (Fsp3) is 0.579. The molecule has 0 fully saturated rings. The third-order valence-corrected chi connectivity index (χ3v) is 6.18. The first-order chi connectivity index (χ1) is 12.6. The number of hydrogen-bond donors (Lipinski definition) is 2. The van der Waals surface area contributed by atoms with Gasteiger partial charge in [0.1, 0.15) is 0 Å². The lowest BCUT2D eigenvalue weighted by atomic mass is 9.96. The van der Waals surface area contributed by atoms with Crippen LogP contribution < -0.4 is 14.9 Å². The normalized spacial score (nSPS) is 14.0. The highest BCUT2D eigenvalue weighted by Crippen LogP contribution is 2.29. The molecule has 0 aromatic heterocycles. The van der Waals surface area contributed by atoms with Gasteiger partial charge in [0.15, 0.2) is 0 Å². The van der Waals surface area contributed by atoms with Crippen molar-refractivity contribution in [2.45, 2.75) is 40.0 Å². The van der Waals surface area contributed by atoms with E-state index in [-0.39, 0.29) is 30.5 Å². The standard InChI is InChI=1S/C19H29N3O4S/c1-19(2,3)18(24)21-11-6-9-17(23)20-12-14-27(25,26)22-13-10-15-7-4-5-8-16(15)22/h4-5,7-8H,6,9-14H2,1-3H3,(H,20,23)(H,21,24). The van der Waals surface area contributed by atoms with Gasteiger partial charge < -0.3 is 10.6 Å². The average molecular weight is 396 g/mol. The summed E-state index contributed by atoms with van der Waals surface area (Å²) < 4.78 is 26.5. The molecule has 1 heterocycles. The molecular formula is C19H29N3O4S. The second-order valence-corrected chi connectivity index (χ2v) is 9.74. The number of para-hydroxylation sites is 1. The van der Waals surface area contributed by atoms with Crippen molar-refractivity contribution in [3.8, 4) is 0 Å². The second-order valence-electron chi connectivity index (χ2n) is 7.73. The molecular weight excluding hydrogens is 366 g/mol. The van der Waals surface area contributed by atoms with Crippen molar-refractivity contribution >= 4 is 27.5 Å². The van der Waals surface area contributed by atoms with Crippen LogP contribution in [-0.2, 0) is 26.0 Å². The molecule has 27 heavy (non-hydrogen) atoms. The summed E-state index contributed by atoms with van der Waals surface area (Å²) in [6.07, 6.45) is 1.47. The number of fused-ring (bicyclic) bond motifs is 1. The summed E-state index contributed by atoms with van der Waals surface area (Å²) in [5.74, 6) is -0.398. The number of nitrogens with one attached hydrogen (secondary N) is 2. The Morgan fingerprint density at radius 3 is 2.52 bits per heavy atom. The van der Waals surface area contributed by atoms with Crippen LogP contribution in [0.5, 0.6) is 0 Å². The van der Waals surface area contributed by atoms with E-state index in [2.05, 4.69) is 10.6 Å². The maximum atomic E-state index is 12.5. The molecule has 0 bridgehead atoms. The summed E-state index contributed by atoms with van der Waals surface area (Å²) in [5, 5.41) is 5.43. The number of hydrogen-bond acceptors (Lipinski definition) is 4. The smallest absolute Gasteiger partial charge is 0.236 e. The van der Waals surface area contributed by atoms with Crippen molar-refractivity contribution in [2.24, 2.45) is 5.41 Å². The molecule has 8 heteroatoms. The van der Waals surface area contributed by atoms with Crippen LogP contribution in [0.1, 0.15) is 39.2 Å². The van der Waals surface area contributed by atoms with E-state index in [1.165, 1.54) is 4.31 Å². The second kappa shape index (κ2) is 8.73. The maximum absolute atomic E-state index is 12.5. The lowest BCUT2D eigenvalue weighted by Crippen LogP contribution is -2.37. The third kappa shape index (κ3) is 5.95. The highest BCUT2D eigenvalue weighted by atomic mass is 32.2. The highest BCUT2D eigenvalue weighted by molar-refractivity contribution is 7.92. The number of nitrogens with zero attached hydrogens (tertiary/aromatic N) is 1. The molecule has 0 radical (unpaired) electrons. The number of rotatable bonds is 8. The summed E-state index contributed by atoms with van der Waals surface area (Å²) in [5.41, 5.74) is 1.31. The predicted octanol–water partition coefficient (Wildman–Crippen LogP) is 1.44. The Hall–Kier alpha value is -2.09. The molecule has 1 aliphatic heterocycles. The topological polar surface area (TPSA) is 95.6 Å². The van der Waals surface area contributed by atoms with Crippen molar-refractivity contribution in [1.29, 1.82) is 0 Å². The molecule has 2 amide bonds. The van der Waals surface area contributed by atoms with Gasteiger partial charge in [0.2, 0.25) is 21.8 Å². The summed E-state index contributed by atoms with van der Waals surface area (Å²) in [6, 6.07) is 7.47. The monoisotopic (exact) mass is 395 g/mol. The van der Waals surface area contributed by atoms with Gasteiger partial charge in [0.25, 0.3) is 0 Å². The Morgan fingerprint density at radius 2 is 1.81 bits per heavy atom. The molecule has 150 valence electrons. The molecule has 2 rings (SSSR count). The van der Waals surface area contributed by atoms with Gasteiger partial charge in [-0.05, 0) is 24.5 Å². The fourth-order valence-electron chi connectivity index (χ4n) is 2.83. The maximum Gasteiger partial charge on any atom is 0.236 e. The van der Waals surface area contributed by atoms with E-state index in [4.69, 9.17) is 0 Å². The summed E-state index contributed by atoms with van der Waals surface area (Å²) in [6.45, 7) is 6.43. The predicted molar refractivity (Wildman–Crippen MR) is 106 cm³/mol. The number of amides is 2. The first kappa shape index (κ1) is 21.2. The Balaban J connectivity index is 1.70. The Kier molecular flexibility index (Phi) is 6.86. The molecule has 1 aliphatic rings. The molecule has 1 aromatic rings. The third-order valence-electron chi connectivity index (χ3n) is 4.41. The van der Waals surface area contributed by atoms with Gasteiger partial charge in [-0.15, -0.1) is 0 Å². The molecule has 7 nitrogen and oxygen atoms in total. The van der Waals surface area contributed by atoms with Crippen molar-refractivity contribution in [3.05, 3.63) is 29.8 Å². The summed E-state index contributed by atoms with van der Waals surface area (Å²) in [4.78, 5) is 23.6. The fourth-order valence-corrected chi connectivity index (χ4v) is 4.26. The lowest BCUT2D eigenvalue weighted by molar-refractivity contribution is -0.128. The van der Waals surface area contributed by atoms with E-state index in [1.807, 2.05) is 45.0 Å².